The Hall–Kier alpha value is -1.56. The fourth-order valence-corrected chi connectivity index (χ4v) is 2.41. The maximum atomic E-state index is 3.42. The van der Waals surface area contributed by atoms with E-state index in [9.17, 15) is 0 Å². The molecule has 2 heteroatoms. The van der Waals surface area contributed by atoms with Crippen LogP contribution in [0.1, 0.15) is 18.1 Å². The van der Waals surface area contributed by atoms with Crippen molar-refractivity contribution in [2.45, 2.75) is 19.4 Å². The molecule has 0 fully saturated rings. The fourth-order valence-electron chi connectivity index (χ4n) is 1.73. The zero-order valence-corrected chi connectivity index (χ0v) is 11.3. The van der Waals surface area contributed by atoms with E-state index in [1.165, 1.54) is 5.56 Å². The van der Waals surface area contributed by atoms with E-state index in [2.05, 4.69) is 40.9 Å². The molecule has 18 heavy (non-hydrogen) atoms. The second-order valence-corrected chi connectivity index (χ2v) is 5.07. The summed E-state index contributed by atoms with van der Waals surface area (Å²) in [6.45, 7) is 2.93. The van der Waals surface area contributed by atoms with Gasteiger partial charge in [-0.1, -0.05) is 30.0 Å². The van der Waals surface area contributed by atoms with E-state index in [1.807, 2.05) is 30.3 Å². The number of rotatable bonds is 4. The number of benzene rings is 1. The predicted molar refractivity (Wildman–Crippen MR) is 78.8 cm³/mol. The summed E-state index contributed by atoms with van der Waals surface area (Å²) in [4.78, 5) is 0. The molecule has 0 spiro atoms. The van der Waals surface area contributed by atoms with Crippen molar-refractivity contribution in [1.82, 2.24) is 5.32 Å². The quantitative estimate of drug-likeness (QED) is 0.826. The van der Waals surface area contributed by atoms with E-state index >= 15 is 0 Å². The van der Waals surface area contributed by atoms with E-state index in [4.69, 9.17) is 0 Å². The lowest BCUT2D eigenvalue weighted by atomic mass is 10.1. The van der Waals surface area contributed by atoms with Gasteiger partial charge in [-0.15, -0.1) is 0 Å². The van der Waals surface area contributed by atoms with Crippen molar-refractivity contribution in [3.63, 3.8) is 0 Å². The maximum Gasteiger partial charge on any atom is 0.0582 e. The molecule has 2 aromatic rings. The highest BCUT2D eigenvalue weighted by molar-refractivity contribution is 7.07. The van der Waals surface area contributed by atoms with Crippen LogP contribution in [0.15, 0.2) is 47.2 Å². The van der Waals surface area contributed by atoms with Gasteiger partial charge in [0.15, 0.2) is 0 Å². The van der Waals surface area contributed by atoms with E-state index < -0.39 is 0 Å². The van der Waals surface area contributed by atoms with Crippen molar-refractivity contribution in [2.75, 3.05) is 6.54 Å². The van der Waals surface area contributed by atoms with Crippen molar-refractivity contribution in [2.24, 2.45) is 0 Å². The van der Waals surface area contributed by atoms with E-state index in [-0.39, 0.29) is 0 Å². The Morgan fingerprint density at radius 1 is 1.22 bits per heavy atom. The molecule has 0 bridgehead atoms. The highest BCUT2D eigenvalue weighted by Gasteiger charge is 2.01. The lowest BCUT2D eigenvalue weighted by molar-refractivity contribution is 0.586. The average molecular weight is 255 g/mol. The third-order valence-electron chi connectivity index (χ3n) is 2.67. The number of thiophene rings is 1. The van der Waals surface area contributed by atoms with Gasteiger partial charge in [-0.25, -0.2) is 0 Å². The summed E-state index contributed by atoms with van der Waals surface area (Å²) in [7, 11) is 0. The van der Waals surface area contributed by atoms with Crippen LogP contribution in [0.5, 0.6) is 0 Å². The van der Waals surface area contributed by atoms with Crippen LogP contribution in [0.3, 0.4) is 0 Å². The molecule has 1 nitrogen and oxygen atoms in total. The molecule has 1 aromatic heterocycles. The maximum absolute atomic E-state index is 3.42. The molecule has 1 heterocycles. The Balaban J connectivity index is 1.74. The number of hydrogen-bond acceptors (Lipinski definition) is 2. The van der Waals surface area contributed by atoms with Crippen molar-refractivity contribution >= 4 is 11.3 Å². The minimum absolute atomic E-state index is 0.463. The zero-order chi connectivity index (χ0) is 12.6. The third kappa shape index (κ3) is 4.37. The first kappa shape index (κ1) is 12.9. The molecule has 1 unspecified atom stereocenters. The molecule has 0 aliphatic heterocycles. The normalized spacial score (nSPS) is 11.6. The van der Waals surface area contributed by atoms with Crippen LogP contribution in [-0.2, 0) is 6.42 Å². The van der Waals surface area contributed by atoms with Crippen LogP contribution in [0, 0.1) is 11.8 Å². The van der Waals surface area contributed by atoms with Crippen molar-refractivity contribution in [3.05, 3.63) is 58.3 Å². The van der Waals surface area contributed by atoms with Gasteiger partial charge in [-0.2, -0.15) is 11.3 Å². The Bertz CT molecular complexity index is 505. The van der Waals surface area contributed by atoms with Gasteiger partial charge in [0.2, 0.25) is 0 Å². The monoisotopic (exact) mass is 255 g/mol. The molecule has 1 N–H and O–H groups in total. The summed E-state index contributed by atoms with van der Waals surface area (Å²) in [6.07, 6.45) is 1.07. The van der Waals surface area contributed by atoms with Gasteiger partial charge < -0.3 is 5.32 Å². The van der Waals surface area contributed by atoms with Crippen molar-refractivity contribution in [3.8, 4) is 11.8 Å². The molecule has 0 radical (unpaired) electrons. The van der Waals surface area contributed by atoms with Gasteiger partial charge in [0.1, 0.15) is 0 Å². The molecule has 0 amide bonds. The number of nitrogens with one attached hydrogen (secondary N) is 1. The van der Waals surface area contributed by atoms with Gasteiger partial charge in [0.25, 0.3) is 0 Å². The Morgan fingerprint density at radius 3 is 2.78 bits per heavy atom. The summed E-state index contributed by atoms with van der Waals surface area (Å²) in [5.41, 5.74) is 2.47. The van der Waals surface area contributed by atoms with Crippen LogP contribution < -0.4 is 5.32 Å². The van der Waals surface area contributed by atoms with Gasteiger partial charge in [-0.3, -0.25) is 0 Å². The summed E-state index contributed by atoms with van der Waals surface area (Å²) in [5.74, 6) is 6.30. The summed E-state index contributed by atoms with van der Waals surface area (Å²) in [6, 6.07) is 12.7. The largest absolute Gasteiger partial charge is 0.303 e. The first-order valence-electron chi connectivity index (χ1n) is 6.13. The summed E-state index contributed by atoms with van der Waals surface area (Å²) < 4.78 is 0. The Kier molecular flexibility index (Phi) is 5.01. The van der Waals surface area contributed by atoms with Gasteiger partial charge in [-0.05, 0) is 47.9 Å². The summed E-state index contributed by atoms with van der Waals surface area (Å²) >= 11 is 1.75. The first-order chi connectivity index (χ1) is 8.84. The molecule has 92 valence electrons. The highest BCUT2D eigenvalue weighted by atomic mass is 32.1. The standard InChI is InChI=1S/C16H17NS/c1-14(12-16-9-11-18-13-16)17-10-5-8-15-6-3-2-4-7-15/h2-4,6-7,9,11,13-14,17H,10,12H2,1H3. The molecule has 0 aliphatic carbocycles. The Morgan fingerprint density at radius 2 is 2.06 bits per heavy atom. The third-order valence-corrected chi connectivity index (χ3v) is 3.40. The fraction of sp³-hybridized carbons (Fsp3) is 0.250. The van der Waals surface area contributed by atoms with Crippen molar-refractivity contribution in [1.29, 1.82) is 0 Å². The van der Waals surface area contributed by atoms with Crippen LogP contribution in [0.4, 0.5) is 0 Å². The van der Waals surface area contributed by atoms with Gasteiger partial charge in [0, 0.05) is 11.6 Å². The Labute approximate surface area is 113 Å². The second-order valence-electron chi connectivity index (χ2n) is 4.29. The predicted octanol–water partition coefficient (Wildman–Crippen LogP) is 3.32. The highest BCUT2D eigenvalue weighted by Crippen LogP contribution is 2.08. The smallest absolute Gasteiger partial charge is 0.0582 e. The molecule has 0 saturated carbocycles. The van der Waals surface area contributed by atoms with E-state index in [1.54, 1.807) is 11.3 Å². The molecular weight excluding hydrogens is 238 g/mol. The number of hydrogen-bond donors (Lipinski definition) is 1. The average Bonchev–Trinajstić information content (AvgIpc) is 2.89. The molecule has 0 aliphatic rings. The van der Waals surface area contributed by atoms with Crippen LogP contribution in [0.2, 0.25) is 0 Å². The van der Waals surface area contributed by atoms with Gasteiger partial charge >= 0.3 is 0 Å². The minimum atomic E-state index is 0.463. The summed E-state index contributed by atoms with van der Waals surface area (Å²) in [5, 5.41) is 7.75. The van der Waals surface area contributed by atoms with Crippen LogP contribution in [-0.4, -0.2) is 12.6 Å². The molecular formula is C16H17NS. The molecule has 2 rings (SSSR count). The van der Waals surface area contributed by atoms with E-state index in [0.29, 0.717) is 6.04 Å². The molecule has 1 aromatic carbocycles. The zero-order valence-electron chi connectivity index (χ0n) is 10.5. The lowest BCUT2D eigenvalue weighted by Gasteiger charge is -2.09. The molecule has 0 saturated heterocycles. The SMILES string of the molecule is CC(Cc1ccsc1)NCC#Cc1ccccc1. The van der Waals surface area contributed by atoms with Crippen LogP contribution in [0.25, 0.3) is 0 Å². The van der Waals surface area contributed by atoms with Crippen molar-refractivity contribution < 1.29 is 0 Å². The van der Waals surface area contributed by atoms with Crippen LogP contribution >= 0.6 is 11.3 Å². The lowest BCUT2D eigenvalue weighted by Crippen LogP contribution is -2.28. The van der Waals surface area contributed by atoms with E-state index in [0.717, 1.165) is 18.5 Å². The second kappa shape index (κ2) is 7.00. The topological polar surface area (TPSA) is 12.0 Å². The van der Waals surface area contributed by atoms with Gasteiger partial charge in [0.05, 0.1) is 6.54 Å². The first-order valence-corrected chi connectivity index (χ1v) is 7.07. The molecule has 1 atom stereocenters. The minimum Gasteiger partial charge on any atom is -0.303 e.